The highest BCUT2D eigenvalue weighted by Gasteiger charge is 2.20. The number of methoxy groups -OCH3 is 4. The fourth-order valence-electron chi connectivity index (χ4n) is 7.82. The van der Waals surface area contributed by atoms with Gasteiger partial charge in [0.1, 0.15) is 23.0 Å². The molecule has 0 N–H and O–H groups in total. The van der Waals surface area contributed by atoms with Gasteiger partial charge in [0.25, 0.3) is 0 Å². The van der Waals surface area contributed by atoms with Crippen molar-refractivity contribution in [3.63, 3.8) is 0 Å². The SMILES string of the molecule is COc1ccc2cc3ccc2c1-c1c(OC)ccc2cc(ccc12)C=Cc1ccc2c(c(OC)ccc2c1)-c1c(OC)ccc2cc(ccc12)C=C3. The molecule has 12 aliphatic carbocycles. The molecule has 8 aromatic rings. The van der Waals surface area contributed by atoms with Crippen LogP contribution in [0.15, 0.2) is 121 Å². The smallest absolute Gasteiger partial charge is 0.127 e. The first-order valence-electron chi connectivity index (χ1n) is 17.4. The third-order valence-corrected chi connectivity index (χ3v) is 10.3. The summed E-state index contributed by atoms with van der Waals surface area (Å²) in [6.45, 7) is 0. The van der Waals surface area contributed by atoms with E-state index in [1.165, 1.54) is 0 Å². The average molecular weight is 677 g/mol. The minimum atomic E-state index is 0.802. The zero-order valence-corrected chi connectivity index (χ0v) is 29.5. The summed E-state index contributed by atoms with van der Waals surface area (Å²) in [6.07, 6.45) is 8.69. The van der Waals surface area contributed by atoms with E-state index in [4.69, 9.17) is 18.9 Å². The number of benzene rings is 8. The Morgan fingerprint density at radius 1 is 0.269 bits per heavy atom. The highest BCUT2D eigenvalue weighted by atomic mass is 16.5. The van der Waals surface area contributed by atoms with Crippen LogP contribution in [0.5, 0.6) is 23.0 Å². The molecule has 0 unspecified atom stereocenters. The van der Waals surface area contributed by atoms with E-state index in [2.05, 4.69) is 146 Å². The molecule has 4 nitrogen and oxygen atoms in total. The van der Waals surface area contributed by atoms with Crippen molar-refractivity contribution in [3.8, 4) is 45.3 Å². The van der Waals surface area contributed by atoms with Gasteiger partial charge in [-0.2, -0.15) is 0 Å². The molecule has 8 aromatic carbocycles. The largest absolute Gasteiger partial charge is 0.496 e. The molecule has 0 heterocycles. The highest BCUT2D eigenvalue weighted by molar-refractivity contribution is 6.12. The van der Waals surface area contributed by atoms with Gasteiger partial charge >= 0.3 is 0 Å². The third-order valence-electron chi connectivity index (χ3n) is 10.3. The summed E-state index contributed by atoms with van der Waals surface area (Å²) in [5.74, 6) is 3.21. The summed E-state index contributed by atoms with van der Waals surface area (Å²) < 4.78 is 24.0. The lowest BCUT2D eigenvalue weighted by Crippen LogP contribution is -1.95. The van der Waals surface area contributed by atoms with Gasteiger partial charge in [-0.15, -0.1) is 0 Å². The Balaban J connectivity index is 1.33. The van der Waals surface area contributed by atoms with Crippen LogP contribution in [-0.2, 0) is 0 Å². The van der Waals surface area contributed by atoms with E-state index in [9.17, 15) is 0 Å². The van der Waals surface area contributed by atoms with Crippen LogP contribution in [0.2, 0.25) is 0 Å². The number of ether oxygens (including phenoxy) is 4. The lowest BCUT2D eigenvalue weighted by Gasteiger charge is -2.18. The molecule has 0 aliphatic heterocycles. The van der Waals surface area contributed by atoms with E-state index >= 15 is 0 Å². The molecule has 252 valence electrons. The van der Waals surface area contributed by atoms with Gasteiger partial charge in [-0.3, -0.25) is 0 Å². The average Bonchev–Trinajstić information content (AvgIpc) is 3.19. The Kier molecular flexibility index (Phi) is 7.66. The molecule has 0 amide bonds. The predicted octanol–water partition coefficient (Wildman–Crippen LogP) is 12.3. The summed E-state index contributed by atoms with van der Waals surface area (Å²) in [6, 6.07) is 43.1. The predicted molar refractivity (Wildman–Crippen MR) is 218 cm³/mol. The molecule has 0 atom stereocenters. The molecule has 0 saturated heterocycles. The van der Waals surface area contributed by atoms with Crippen molar-refractivity contribution in [3.05, 3.63) is 144 Å². The zero-order valence-electron chi connectivity index (χ0n) is 29.5. The van der Waals surface area contributed by atoms with E-state index in [1.54, 1.807) is 28.4 Å². The summed E-state index contributed by atoms with van der Waals surface area (Å²) in [7, 11) is 6.92. The molecular weight excluding hydrogens is 641 g/mol. The fraction of sp³-hybridized carbons (Fsp3) is 0.0833. The first kappa shape index (κ1) is 31.5. The molecule has 4 heteroatoms. The maximum absolute atomic E-state index is 6.00. The van der Waals surface area contributed by atoms with Crippen LogP contribution in [0.4, 0.5) is 0 Å². The standard InChI is InChI=1S/C48H36O4/c1-49-41-21-13-33-25-29-5-6-31-11-19-39-35(27-31)15-23-43(51-3)47(39)48-40-20-12-32(28-36(40)16-24-44(48)52-4)8-7-30-10-18-38-34(26-30)14-22-42(50-2)46(38)45(41)37(33)17-9-29/h5-28H,1-4H3. The van der Waals surface area contributed by atoms with Crippen molar-refractivity contribution < 1.29 is 18.9 Å². The molecule has 0 aromatic heterocycles. The van der Waals surface area contributed by atoms with Gasteiger partial charge in [0, 0.05) is 22.3 Å². The maximum atomic E-state index is 6.00. The molecular formula is C48H36O4. The zero-order chi connectivity index (χ0) is 35.3. The molecule has 12 aliphatic rings. The van der Waals surface area contributed by atoms with E-state index in [1.807, 2.05) is 0 Å². The van der Waals surface area contributed by atoms with Crippen LogP contribution in [-0.4, -0.2) is 28.4 Å². The quantitative estimate of drug-likeness (QED) is 0.186. The first-order valence-corrected chi connectivity index (χ1v) is 17.4. The lowest BCUT2D eigenvalue weighted by atomic mass is 9.90. The van der Waals surface area contributed by atoms with E-state index in [-0.39, 0.29) is 0 Å². The lowest BCUT2D eigenvalue weighted by molar-refractivity contribution is 0.411. The molecule has 0 fully saturated rings. The van der Waals surface area contributed by atoms with Crippen molar-refractivity contribution in [2.24, 2.45) is 0 Å². The normalized spacial score (nSPS) is 12.1. The van der Waals surface area contributed by atoms with Crippen LogP contribution >= 0.6 is 0 Å². The van der Waals surface area contributed by atoms with Crippen molar-refractivity contribution in [2.75, 3.05) is 28.4 Å². The Morgan fingerprint density at radius 3 is 0.712 bits per heavy atom. The van der Waals surface area contributed by atoms with Crippen LogP contribution in [0.1, 0.15) is 22.3 Å². The number of rotatable bonds is 4. The van der Waals surface area contributed by atoms with Gasteiger partial charge in [-0.25, -0.2) is 0 Å². The second-order valence-corrected chi connectivity index (χ2v) is 13.2. The minimum absolute atomic E-state index is 0.802. The van der Waals surface area contributed by atoms with Crippen LogP contribution in [0, 0.1) is 0 Å². The first-order chi connectivity index (χ1) is 25.6. The third kappa shape index (κ3) is 5.15. The van der Waals surface area contributed by atoms with Gasteiger partial charge in [-0.1, -0.05) is 97.1 Å². The van der Waals surface area contributed by atoms with Crippen molar-refractivity contribution in [2.45, 2.75) is 0 Å². The molecule has 0 radical (unpaired) electrons. The maximum Gasteiger partial charge on any atom is 0.127 e. The highest BCUT2D eigenvalue weighted by Crippen LogP contribution is 2.47. The van der Waals surface area contributed by atoms with Crippen LogP contribution < -0.4 is 18.9 Å². The Bertz CT molecular complexity index is 2410. The second-order valence-electron chi connectivity index (χ2n) is 13.2. The van der Waals surface area contributed by atoms with Gasteiger partial charge in [-0.05, 0) is 114 Å². The minimum Gasteiger partial charge on any atom is -0.496 e. The molecule has 16 bridgehead atoms. The van der Waals surface area contributed by atoms with Crippen molar-refractivity contribution in [1.29, 1.82) is 0 Å². The second kappa shape index (κ2) is 12.7. The molecule has 0 spiro atoms. The molecule has 52 heavy (non-hydrogen) atoms. The van der Waals surface area contributed by atoms with Crippen molar-refractivity contribution >= 4 is 67.4 Å². The van der Waals surface area contributed by atoms with Gasteiger partial charge in [0.2, 0.25) is 0 Å². The van der Waals surface area contributed by atoms with Gasteiger partial charge < -0.3 is 18.9 Å². The molecule has 20 rings (SSSR count). The van der Waals surface area contributed by atoms with Crippen molar-refractivity contribution in [1.82, 2.24) is 0 Å². The van der Waals surface area contributed by atoms with Crippen LogP contribution in [0.3, 0.4) is 0 Å². The van der Waals surface area contributed by atoms with E-state index in [0.717, 1.165) is 111 Å². The van der Waals surface area contributed by atoms with Gasteiger partial charge in [0.15, 0.2) is 0 Å². The topological polar surface area (TPSA) is 36.9 Å². The Labute approximate surface area is 302 Å². The monoisotopic (exact) mass is 676 g/mol. The van der Waals surface area contributed by atoms with Gasteiger partial charge in [0.05, 0.1) is 28.4 Å². The van der Waals surface area contributed by atoms with E-state index in [0.29, 0.717) is 0 Å². The van der Waals surface area contributed by atoms with Crippen LogP contribution in [0.25, 0.3) is 89.6 Å². The molecule has 0 saturated carbocycles. The van der Waals surface area contributed by atoms with E-state index < -0.39 is 0 Å². The summed E-state index contributed by atoms with van der Waals surface area (Å²) in [4.78, 5) is 0. The summed E-state index contributed by atoms with van der Waals surface area (Å²) >= 11 is 0. The summed E-state index contributed by atoms with van der Waals surface area (Å²) in [5.41, 5.74) is 8.49. The number of hydrogen-bond donors (Lipinski definition) is 0. The fourth-order valence-corrected chi connectivity index (χ4v) is 7.82. The Morgan fingerprint density at radius 2 is 0.500 bits per heavy atom. The Hall–Kier alpha value is -6.52. The summed E-state index contributed by atoms with van der Waals surface area (Å²) in [5, 5.41) is 8.88. The number of hydrogen-bond acceptors (Lipinski definition) is 4.